The van der Waals surface area contributed by atoms with Crippen LogP contribution in [0.1, 0.15) is 17.8 Å². The molecule has 1 unspecified atom stereocenters. The summed E-state index contributed by atoms with van der Waals surface area (Å²) in [5.41, 5.74) is 0. The first-order valence-corrected chi connectivity index (χ1v) is 5.54. The second-order valence-electron chi connectivity index (χ2n) is 3.40. The molecule has 3 nitrogen and oxygen atoms in total. The third kappa shape index (κ3) is 2.27. The predicted octanol–water partition coefficient (Wildman–Crippen LogP) is 0.798. The van der Waals surface area contributed by atoms with Crippen molar-refractivity contribution in [3.8, 4) is 0 Å². The van der Waals surface area contributed by atoms with E-state index in [1.165, 1.54) is 6.42 Å². The summed E-state index contributed by atoms with van der Waals surface area (Å²) in [4.78, 5) is 4.16. The number of hydrogen-bond acceptors (Lipinski definition) is 4. The van der Waals surface area contributed by atoms with Gasteiger partial charge in [0.05, 0.1) is 11.1 Å². The topological polar surface area (TPSA) is 45.2 Å². The van der Waals surface area contributed by atoms with Crippen molar-refractivity contribution in [1.82, 2.24) is 10.3 Å². The van der Waals surface area contributed by atoms with Gasteiger partial charge in [-0.15, -0.1) is 11.3 Å². The average molecular weight is 198 g/mol. The molecule has 0 aliphatic carbocycles. The summed E-state index contributed by atoms with van der Waals surface area (Å²) in [5, 5.41) is 16.1. The molecule has 1 saturated heterocycles. The standard InChI is InChI=1S/C9H14N2OS/c12-8(7-2-1-3-10-7)6-9-11-4-5-13-9/h4-5,7-8,10,12H,1-3,6H2/t7-,8?/m1/s1. The normalized spacial score (nSPS) is 24.8. The second kappa shape index (κ2) is 4.17. The van der Waals surface area contributed by atoms with Crippen LogP contribution in [0, 0.1) is 0 Å². The molecule has 13 heavy (non-hydrogen) atoms. The van der Waals surface area contributed by atoms with Gasteiger partial charge in [-0.05, 0) is 19.4 Å². The van der Waals surface area contributed by atoms with E-state index < -0.39 is 0 Å². The number of nitrogens with zero attached hydrogens (tertiary/aromatic N) is 1. The maximum absolute atomic E-state index is 9.82. The van der Waals surface area contributed by atoms with Crippen LogP contribution < -0.4 is 5.32 Å². The van der Waals surface area contributed by atoms with Crippen LogP contribution in [0.25, 0.3) is 0 Å². The van der Waals surface area contributed by atoms with Gasteiger partial charge < -0.3 is 10.4 Å². The van der Waals surface area contributed by atoms with Crippen LogP contribution in [0.2, 0.25) is 0 Å². The Hall–Kier alpha value is -0.450. The van der Waals surface area contributed by atoms with Crippen molar-refractivity contribution in [3.05, 3.63) is 16.6 Å². The van der Waals surface area contributed by atoms with E-state index in [0.717, 1.165) is 18.0 Å². The van der Waals surface area contributed by atoms with E-state index in [0.29, 0.717) is 6.42 Å². The number of rotatable bonds is 3. The first-order chi connectivity index (χ1) is 6.36. The van der Waals surface area contributed by atoms with Crippen LogP contribution in [-0.4, -0.2) is 28.8 Å². The van der Waals surface area contributed by atoms with Gasteiger partial charge in [-0.25, -0.2) is 4.98 Å². The van der Waals surface area contributed by atoms with Gasteiger partial charge in [-0.2, -0.15) is 0 Å². The molecule has 4 heteroatoms. The molecule has 0 spiro atoms. The summed E-state index contributed by atoms with van der Waals surface area (Å²) in [6.45, 7) is 1.04. The van der Waals surface area contributed by atoms with Crippen molar-refractivity contribution < 1.29 is 5.11 Å². The highest BCUT2D eigenvalue weighted by Crippen LogP contribution is 2.14. The minimum Gasteiger partial charge on any atom is -0.391 e. The number of hydrogen-bond donors (Lipinski definition) is 2. The van der Waals surface area contributed by atoms with Gasteiger partial charge >= 0.3 is 0 Å². The molecule has 1 aromatic heterocycles. The Balaban J connectivity index is 1.87. The van der Waals surface area contributed by atoms with E-state index in [4.69, 9.17) is 0 Å². The number of aliphatic hydroxyl groups excluding tert-OH is 1. The molecule has 1 fully saturated rings. The van der Waals surface area contributed by atoms with Crippen molar-refractivity contribution in [3.63, 3.8) is 0 Å². The van der Waals surface area contributed by atoms with Crippen LogP contribution in [-0.2, 0) is 6.42 Å². The fourth-order valence-electron chi connectivity index (χ4n) is 1.71. The smallest absolute Gasteiger partial charge is 0.0951 e. The van der Waals surface area contributed by atoms with Crippen molar-refractivity contribution in [1.29, 1.82) is 0 Å². The van der Waals surface area contributed by atoms with E-state index >= 15 is 0 Å². The molecule has 0 aromatic carbocycles. The van der Waals surface area contributed by atoms with Crippen molar-refractivity contribution >= 4 is 11.3 Å². The molecule has 72 valence electrons. The molecule has 2 N–H and O–H groups in total. The zero-order valence-electron chi connectivity index (χ0n) is 7.44. The lowest BCUT2D eigenvalue weighted by atomic mass is 10.1. The van der Waals surface area contributed by atoms with Crippen LogP contribution in [0.4, 0.5) is 0 Å². The lowest BCUT2D eigenvalue weighted by Gasteiger charge is -2.16. The Bertz CT molecular complexity index is 244. The highest BCUT2D eigenvalue weighted by molar-refractivity contribution is 7.09. The van der Waals surface area contributed by atoms with Crippen LogP contribution in [0.15, 0.2) is 11.6 Å². The third-order valence-electron chi connectivity index (χ3n) is 2.43. The van der Waals surface area contributed by atoms with Crippen molar-refractivity contribution in [2.45, 2.75) is 31.4 Å². The molecular weight excluding hydrogens is 184 g/mol. The summed E-state index contributed by atoms with van der Waals surface area (Å²) < 4.78 is 0. The average Bonchev–Trinajstić information content (AvgIpc) is 2.74. The molecule has 1 aliphatic heterocycles. The number of aromatic nitrogens is 1. The van der Waals surface area contributed by atoms with E-state index in [9.17, 15) is 5.11 Å². The summed E-state index contributed by atoms with van der Waals surface area (Å²) in [6, 6.07) is 0.281. The number of aliphatic hydroxyl groups is 1. The van der Waals surface area contributed by atoms with Gasteiger partial charge in [0.1, 0.15) is 0 Å². The Labute approximate surface area is 81.8 Å². The lowest BCUT2D eigenvalue weighted by molar-refractivity contribution is 0.136. The van der Waals surface area contributed by atoms with Gasteiger partial charge in [0.15, 0.2) is 0 Å². The first-order valence-electron chi connectivity index (χ1n) is 4.66. The Morgan fingerprint density at radius 2 is 2.69 bits per heavy atom. The molecule has 2 heterocycles. The van der Waals surface area contributed by atoms with Gasteiger partial charge in [-0.1, -0.05) is 0 Å². The predicted molar refractivity (Wildman–Crippen MR) is 52.8 cm³/mol. The summed E-state index contributed by atoms with van der Waals surface area (Å²) in [6.07, 6.45) is 4.48. The molecule has 1 aromatic rings. The monoisotopic (exact) mass is 198 g/mol. The van der Waals surface area contributed by atoms with Crippen molar-refractivity contribution in [2.75, 3.05) is 6.54 Å². The highest BCUT2D eigenvalue weighted by atomic mass is 32.1. The quantitative estimate of drug-likeness (QED) is 0.755. The Morgan fingerprint density at radius 3 is 3.31 bits per heavy atom. The Morgan fingerprint density at radius 1 is 1.77 bits per heavy atom. The van der Waals surface area contributed by atoms with E-state index in [2.05, 4.69) is 10.3 Å². The molecule has 0 radical (unpaired) electrons. The first kappa shape index (κ1) is 9.12. The van der Waals surface area contributed by atoms with Crippen molar-refractivity contribution in [2.24, 2.45) is 0 Å². The zero-order valence-corrected chi connectivity index (χ0v) is 8.26. The van der Waals surface area contributed by atoms with Crippen LogP contribution in [0.5, 0.6) is 0 Å². The van der Waals surface area contributed by atoms with Gasteiger partial charge in [0.2, 0.25) is 0 Å². The van der Waals surface area contributed by atoms with Crippen LogP contribution in [0.3, 0.4) is 0 Å². The minimum absolute atomic E-state index is 0.270. The largest absolute Gasteiger partial charge is 0.391 e. The molecule has 0 amide bonds. The fraction of sp³-hybridized carbons (Fsp3) is 0.667. The molecule has 2 rings (SSSR count). The summed E-state index contributed by atoms with van der Waals surface area (Å²) in [5.74, 6) is 0. The number of nitrogens with one attached hydrogen (secondary N) is 1. The van der Waals surface area contributed by atoms with E-state index in [1.54, 1.807) is 17.5 Å². The highest BCUT2D eigenvalue weighted by Gasteiger charge is 2.23. The molecule has 0 saturated carbocycles. The zero-order chi connectivity index (χ0) is 9.10. The molecular formula is C9H14N2OS. The maximum Gasteiger partial charge on any atom is 0.0951 e. The minimum atomic E-state index is -0.270. The van der Waals surface area contributed by atoms with Gasteiger partial charge in [-0.3, -0.25) is 0 Å². The molecule has 0 bridgehead atoms. The summed E-state index contributed by atoms with van der Waals surface area (Å²) >= 11 is 1.61. The second-order valence-corrected chi connectivity index (χ2v) is 4.38. The Kier molecular flexibility index (Phi) is 2.93. The lowest BCUT2D eigenvalue weighted by Crippen LogP contribution is -2.36. The van der Waals surface area contributed by atoms with Crippen LogP contribution >= 0.6 is 11.3 Å². The maximum atomic E-state index is 9.82. The molecule has 1 aliphatic rings. The fourth-order valence-corrected chi connectivity index (χ4v) is 2.38. The van der Waals surface area contributed by atoms with E-state index in [1.807, 2.05) is 5.38 Å². The van der Waals surface area contributed by atoms with E-state index in [-0.39, 0.29) is 12.1 Å². The SMILES string of the molecule is OC(Cc1nccs1)[C@H]1CCCN1. The van der Waals surface area contributed by atoms with Gasteiger partial charge in [0.25, 0.3) is 0 Å². The number of thiazole rings is 1. The third-order valence-corrected chi connectivity index (χ3v) is 3.23. The van der Waals surface area contributed by atoms with Gasteiger partial charge in [0, 0.05) is 24.0 Å². The molecule has 2 atom stereocenters. The summed E-state index contributed by atoms with van der Waals surface area (Å²) in [7, 11) is 0.